The van der Waals surface area contributed by atoms with Crippen LogP contribution in [-0.2, 0) is 27.1 Å². The van der Waals surface area contributed by atoms with Crippen molar-refractivity contribution in [2.75, 3.05) is 25.2 Å². The molecule has 0 aliphatic carbocycles. The fourth-order valence-electron chi connectivity index (χ4n) is 5.66. The summed E-state index contributed by atoms with van der Waals surface area (Å²) in [5.41, 5.74) is 4.24. The standard InChI is InChI=1S/C28H32FN3O5/c1-16-6-8-18(13-22(16)29)21(27(33)34)14-25-30-26-20-9-7-17(2)31(28(35)36-3)23(20)10-11-24(26)32(25)19-5-4-12-37-15-19/h6,8,10-11,13,17,19,21H,4-5,7,9,12,14-15H2,1-3H3,(H,33,34). The van der Waals surface area contributed by atoms with E-state index in [1.807, 2.05) is 19.1 Å². The van der Waals surface area contributed by atoms with Gasteiger partial charge in [0.1, 0.15) is 11.6 Å². The third kappa shape index (κ3) is 4.56. The van der Waals surface area contributed by atoms with Crippen LogP contribution in [0.15, 0.2) is 30.3 Å². The lowest BCUT2D eigenvalue weighted by Crippen LogP contribution is -2.42. The summed E-state index contributed by atoms with van der Waals surface area (Å²) in [6, 6.07) is 8.47. The molecule has 2 aliphatic heterocycles. The molecule has 3 unspecified atom stereocenters. The first kappa shape index (κ1) is 25.2. The normalized spacial score (nSPS) is 20.5. The van der Waals surface area contributed by atoms with Gasteiger partial charge in [-0.2, -0.15) is 0 Å². The summed E-state index contributed by atoms with van der Waals surface area (Å²) in [6.45, 7) is 4.85. The van der Waals surface area contributed by atoms with Crippen molar-refractivity contribution >= 4 is 28.8 Å². The summed E-state index contributed by atoms with van der Waals surface area (Å²) in [7, 11) is 1.37. The predicted molar refractivity (Wildman–Crippen MR) is 137 cm³/mol. The van der Waals surface area contributed by atoms with Crippen molar-refractivity contribution in [3.8, 4) is 0 Å². The molecule has 196 valence electrons. The third-order valence-electron chi connectivity index (χ3n) is 7.68. The number of carbonyl (C=O) groups excluding carboxylic acids is 1. The molecule has 3 aromatic rings. The number of aryl methyl sites for hydroxylation is 2. The summed E-state index contributed by atoms with van der Waals surface area (Å²) in [6.07, 6.45) is 2.97. The predicted octanol–water partition coefficient (Wildman–Crippen LogP) is 5.15. The van der Waals surface area contributed by atoms with E-state index in [1.54, 1.807) is 24.0 Å². The van der Waals surface area contributed by atoms with Gasteiger partial charge in [0.2, 0.25) is 0 Å². The van der Waals surface area contributed by atoms with E-state index >= 15 is 0 Å². The fraction of sp³-hybridized carbons (Fsp3) is 0.464. The average molecular weight is 510 g/mol. The van der Waals surface area contributed by atoms with E-state index in [0.717, 1.165) is 48.0 Å². The zero-order chi connectivity index (χ0) is 26.3. The van der Waals surface area contributed by atoms with Gasteiger partial charge in [-0.25, -0.2) is 14.2 Å². The van der Waals surface area contributed by atoms with Gasteiger partial charge in [-0.3, -0.25) is 9.69 Å². The van der Waals surface area contributed by atoms with Crippen molar-refractivity contribution < 1.29 is 28.6 Å². The van der Waals surface area contributed by atoms with Gasteiger partial charge in [0, 0.05) is 24.6 Å². The second kappa shape index (κ2) is 10.1. The second-order valence-corrected chi connectivity index (χ2v) is 10.0. The lowest BCUT2D eigenvalue weighted by molar-refractivity contribution is -0.138. The van der Waals surface area contributed by atoms with Gasteiger partial charge in [0.25, 0.3) is 0 Å². The van der Waals surface area contributed by atoms with Crippen LogP contribution in [0.2, 0.25) is 0 Å². The number of imidazole rings is 1. The Balaban J connectivity index is 1.65. The first-order valence-electron chi connectivity index (χ1n) is 12.8. The quantitative estimate of drug-likeness (QED) is 0.511. The van der Waals surface area contributed by atoms with Crippen LogP contribution < -0.4 is 4.90 Å². The Morgan fingerprint density at radius 2 is 2.08 bits per heavy atom. The summed E-state index contributed by atoms with van der Waals surface area (Å²) in [5, 5.41) is 10.1. The highest BCUT2D eigenvalue weighted by Crippen LogP contribution is 2.39. The van der Waals surface area contributed by atoms with Crippen LogP contribution in [0, 0.1) is 12.7 Å². The Hall–Kier alpha value is -3.46. The smallest absolute Gasteiger partial charge is 0.414 e. The van der Waals surface area contributed by atoms with E-state index in [1.165, 1.54) is 13.2 Å². The van der Waals surface area contributed by atoms with Crippen LogP contribution in [-0.4, -0.2) is 53.1 Å². The topological polar surface area (TPSA) is 93.9 Å². The Bertz CT molecular complexity index is 1350. The van der Waals surface area contributed by atoms with Gasteiger partial charge in [0.05, 0.1) is 42.4 Å². The first-order valence-corrected chi connectivity index (χ1v) is 12.8. The van der Waals surface area contributed by atoms with E-state index in [4.69, 9.17) is 14.5 Å². The minimum atomic E-state index is -1.03. The van der Waals surface area contributed by atoms with Crippen molar-refractivity contribution in [2.45, 2.75) is 64.0 Å². The minimum Gasteiger partial charge on any atom is -0.481 e. The van der Waals surface area contributed by atoms with E-state index in [0.29, 0.717) is 30.2 Å². The number of hydrogen-bond acceptors (Lipinski definition) is 5. The van der Waals surface area contributed by atoms with Crippen LogP contribution in [0.5, 0.6) is 0 Å². The van der Waals surface area contributed by atoms with Crippen LogP contribution in [0.3, 0.4) is 0 Å². The average Bonchev–Trinajstić information content (AvgIpc) is 3.27. The number of amides is 1. The Morgan fingerprint density at radius 3 is 2.76 bits per heavy atom. The number of carboxylic acids is 1. The first-order chi connectivity index (χ1) is 17.8. The largest absolute Gasteiger partial charge is 0.481 e. The van der Waals surface area contributed by atoms with Crippen molar-refractivity contribution in [3.63, 3.8) is 0 Å². The maximum atomic E-state index is 14.4. The number of carboxylic acid groups (broad SMARTS) is 1. The number of ether oxygens (including phenoxy) is 2. The number of methoxy groups -OCH3 is 1. The van der Waals surface area contributed by atoms with Crippen molar-refractivity contribution in [1.82, 2.24) is 9.55 Å². The zero-order valence-corrected chi connectivity index (χ0v) is 21.4. The number of rotatable bonds is 5. The number of aliphatic carboxylic acids is 1. The van der Waals surface area contributed by atoms with Gasteiger partial charge in [-0.15, -0.1) is 0 Å². The molecule has 37 heavy (non-hydrogen) atoms. The van der Waals surface area contributed by atoms with Crippen molar-refractivity contribution in [1.29, 1.82) is 0 Å². The Kier molecular flexibility index (Phi) is 6.90. The van der Waals surface area contributed by atoms with E-state index in [9.17, 15) is 19.1 Å². The molecule has 0 spiro atoms. The van der Waals surface area contributed by atoms with Gasteiger partial charge in [-0.05, 0) is 68.9 Å². The van der Waals surface area contributed by atoms with Gasteiger partial charge >= 0.3 is 12.1 Å². The maximum absolute atomic E-state index is 14.4. The van der Waals surface area contributed by atoms with Gasteiger partial charge in [-0.1, -0.05) is 12.1 Å². The molecule has 3 heterocycles. The summed E-state index contributed by atoms with van der Waals surface area (Å²) >= 11 is 0. The van der Waals surface area contributed by atoms with Crippen molar-refractivity contribution in [2.24, 2.45) is 0 Å². The molecule has 1 aromatic heterocycles. The summed E-state index contributed by atoms with van der Waals surface area (Å²) in [5.74, 6) is -1.80. The number of halogens is 1. The number of aromatic nitrogens is 2. The van der Waals surface area contributed by atoms with Gasteiger partial charge in [0.15, 0.2) is 0 Å². The molecule has 0 saturated carbocycles. The number of anilines is 1. The van der Waals surface area contributed by atoms with E-state index in [2.05, 4.69) is 4.57 Å². The Morgan fingerprint density at radius 1 is 1.27 bits per heavy atom. The molecule has 3 atom stereocenters. The molecule has 9 heteroatoms. The number of fused-ring (bicyclic) bond motifs is 3. The fourth-order valence-corrected chi connectivity index (χ4v) is 5.66. The molecule has 1 N–H and O–H groups in total. The van der Waals surface area contributed by atoms with Crippen LogP contribution in [0.1, 0.15) is 60.7 Å². The highest BCUT2D eigenvalue weighted by molar-refractivity contribution is 5.95. The van der Waals surface area contributed by atoms with Crippen LogP contribution >= 0.6 is 0 Å². The lowest BCUT2D eigenvalue weighted by atomic mass is 9.94. The number of benzene rings is 2. The maximum Gasteiger partial charge on any atom is 0.414 e. The molecule has 1 amide bonds. The molecule has 1 saturated heterocycles. The number of nitrogens with zero attached hydrogens (tertiary/aromatic N) is 3. The highest BCUT2D eigenvalue weighted by Gasteiger charge is 2.33. The number of hydrogen-bond donors (Lipinski definition) is 1. The highest BCUT2D eigenvalue weighted by atomic mass is 19.1. The van der Waals surface area contributed by atoms with Crippen LogP contribution in [0.25, 0.3) is 11.0 Å². The molecule has 0 radical (unpaired) electrons. The third-order valence-corrected chi connectivity index (χ3v) is 7.68. The zero-order valence-electron chi connectivity index (χ0n) is 21.4. The minimum absolute atomic E-state index is 0.00947. The molecule has 2 aromatic carbocycles. The molecule has 5 rings (SSSR count). The molecule has 2 aliphatic rings. The van der Waals surface area contributed by atoms with Crippen molar-refractivity contribution in [3.05, 3.63) is 58.7 Å². The number of carbonyl (C=O) groups is 2. The molecule has 8 nitrogen and oxygen atoms in total. The SMILES string of the molecule is COC(=O)N1c2ccc3c(nc(CC(C(=O)O)c4ccc(C)c(F)c4)n3C3CCCOC3)c2CCC1C. The Labute approximate surface area is 215 Å². The monoisotopic (exact) mass is 509 g/mol. The van der Waals surface area contributed by atoms with Gasteiger partial charge < -0.3 is 19.1 Å². The van der Waals surface area contributed by atoms with Crippen LogP contribution in [0.4, 0.5) is 14.9 Å². The lowest BCUT2D eigenvalue weighted by Gasteiger charge is -2.34. The molecule has 1 fully saturated rings. The van der Waals surface area contributed by atoms with E-state index in [-0.39, 0.29) is 18.5 Å². The second-order valence-electron chi connectivity index (χ2n) is 10.0. The summed E-state index contributed by atoms with van der Waals surface area (Å²) < 4.78 is 27.3. The molecular formula is C28H32FN3O5. The summed E-state index contributed by atoms with van der Waals surface area (Å²) in [4.78, 5) is 31.6. The molecule has 0 bridgehead atoms. The molecular weight excluding hydrogens is 477 g/mol. The van der Waals surface area contributed by atoms with E-state index < -0.39 is 23.8 Å².